The van der Waals surface area contributed by atoms with Gasteiger partial charge in [-0.25, -0.2) is 0 Å². The molecule has 27 heavy (non-hydrogen) atoms. The van der Waals surface area contributed by atoms with Gasteiger partial charge in [-0.05, 0) is 50.0 Å². The van der Waals surface area contributed by atoms with Gasteiger partial charge in [0, 0.05) is 12.5 Å². The summed E-state index contributed by atoms with van der Waals surface area (Å²) in [6.45, 7) is 3.98. The first-order chi connectivity index (χ1) is 13.0. The molecule has 148 valence electrons. The van der Waals surface area contributed by atoms with Crippen molar-refractivity contribution < 1.29 is 9.59 Å². The van der Waals surface area contributed by atoms with Gasteiger partial charge in [-0.2, -0.15) is 0 Å². The summed E-state index contributed by atoms with van der Waals surface area (Å²) in [4.78, 5) is 24.6. The summed E-state index contributed by atoms with van der Waals surface area (Å²) in [6.07, 6.45) is 8.61. The smallest absolute Gasteiger partial charge is 0.253 e. The molecule has 0 radical (unpaired) electrons. The second-order valence-corrected chi connectivity index (χ2v) is 7.78. The highest BCUT2D eigenvalue weighted by molar-refractivity contribution is 7.80. The molecule has 0 spiro atoms. The van der Waals surface area contributed by atoms with E-state index in [1.807, 2.05) is 26.0 Å². The maximum atomic E-state index is 12.4. The van der Waals surface area contributed by atoms with E-state index in [1.165, 1.54) is 32.1 Å². The number of amides is 2. The molecule has 0 saturated heterocycles. The zero-order valence-corrected chi connectivity index (χ0v) is 17.2. The van der Waals surface area contributed by atoms with E-state index in [0.29, 0.717) is 23.6 Å². The van der Waals surface area contributed by atoms with Crippen LogP contribution in [0.15, 0.2) is 24.3 Å². The zero-order chi connectivity index (χ0) is 19.6. The van der Waals surface area contributed by atoms with E-state index < -0.39 is 0 Å². The Bertz CT molecular complexity index is 657. The van der Waals surface area contributed by atoms with Crippen LogP contribution in [-0.4, -0.2) is 23.0 Å². The number of carbonyl (C=O) groups is 2. The number of nitrogens with one attached hydrogen (secondary N) is 3. The third kappa shape index (κ3) is 7.29. The zero-order valence-electron chi connectivity index (χ0n) is 16.3. The molecule has 1 atom stereocenters. The van der Waals surface area contributed by atoms with Gasteiger partial charge in [0.25, 0.3) is 5.91 Å². The van der Waals surface area contributed by atoms with Gasteiger partial charge in [-0.15, -0.1) is 0 Å². The van der Waals surface area contributed by atoms with Gasteiger partial charge in [0.1, 0.15) is 0 Å². The van der Waals surface area contributed by atoms with Gasteiger partial charge < -0.3 is 16.0 Å². The minimum absolute atomic E-state index is 0.0698. The number of thiocarbonyl (C=S) groups is 1. The van der Waals surface area contributed by atoms with E-state index in [1.54, 1.807) is 12.1 Å². The summed E-state index contributed by atoms with van der Waals surface area (Å²) in [5.74, 6) is 0.439. The highest BCUT2D eigenvalue weighted by atomic mass is 32.1. The molecule has 0 bridgehead atoms. The van der Waals surface area contributed by atoms with Gasteiger partial charge in [-0.3, -0.25) is 9.59 Å². The molecular weight excluding hydrogens is 358 g/mol. The van der Waals surface area contributed by atoms with Crippen LogP contribution in [0, 0.1) is 5.92 Å². The average Bonchev–Trinajstić information content (AvgIpc) is 2.67. The Kier molecular flexibility index (Phi) is 8.72. The number of hydrogen-bond donors (Lipinski definition) is 3. The molecule has 1 fully saturated rings. The van der Waals surface area contributed by atoms with Crippen LogP contribution in [0.2, 0.25) is 0 Å². The summed E-state index contributed by atoms with van der Waals surface area (Å²) in [6, 6.07) is 7.26. The SMILES string of the molecule is CCC(C)NC(=O)c1ccccc1NC(=S)NC(=O)CCC1CCCCC1. The van der Waals surface area contributed by atoms with Crippen molar-refractivity contribution in [2.45, 2.75) is 71.3 Å². The first-order valence-electron chi connectivity index (χ1n) is 10.00. The van der Waals surface area contributed by atoms with Crippen LogP contribution in [0.25, 0.3) is 0 Å². The summed E-state index contributed by atoms with van der Waals surface area (Å²) in [5.41, 5.74) is 1.10. The molecular formula is C21H31N3O2S. The predicted molar refractivity (Wildman–Crippen MR) is 114 cm³/mol. The lowest BCUT2D eigenvalue weighted by Crippen LogP contribution is -2.36. The molecule has 1 aliphatic rings. The summed E-state index contributed by atoms with van der Waals surface area (Å²) in [7, 11) is 0. The van der Waals surface area contributed by atoms with Crippen LogP contribution in [0.4, 0.5) is 5.69 Å². The fraction of sp³-hybridized carbons (Fsp3) is 0.571. The Labute approximate surface area is 167 Å². The Hall–Kier alpha value is -1.95. The van der Waals surface area contributed by atoms with Crippen molar-refractivity contribution >= 4 is 34.8 Å². The molecule has 6 heteroatoms. The molecule has 0 aliphatic heterocycles. The second kappa shape index (κ2) is 11.0. The fourth-order valence-corrected chi connectivity index (χ4v) is 3.57. The van der Waals surface area contributed by atoms with Gasteiger partial charge >= 0.3 is 0 Å². The lowest BCUT2D eigenvalue weighted by Gasteiger charge is -2.21. The molecule has 2 rings (SSSR count). The standard InChI is InChI=1S/C21H31N3O2S/c1-3-15(2)22-20(26)17-11-7-8-12-18(17)23-21(27)24-19(25)14-13-16-9-5-4-6-10-16/h7-8,11-12,15-16H,3-6,9-10,13-14H2,1-2H3,(H,22,26)(H2,23,24,25,27). The quantitative estimate of drug-likeness (QED) is 0.605. The first kappa shape index (κ1) is 21.4. The molecule has 3 N–H and O–H groups in total. The fourth-order valence-electron chi connectivity index (χ4n) is 3.35. The highest BCUT2D eigenvalue weighted by Gasteiger charge is 2.16. The summed E-state index contributed by atoms with van der Waals surface area (Å²) >= 11 is 5.26. The van der Waals surface area contributed by atoms with Crippen molar-refractivity contribution in [3.63, 3.8) is 0 Å². The monoisotopic (exact) mass is 389 g/mol. The van der Waals surface area contributed by atoms with E-state index in [-0.39, 0.29) is 23.0 Å². The molecule has 1 saturated carbocycles. The Morgan fingerprint density at radius 3 is 2.59 bits per heavy atom. The summed E-state index contributed by atoms with van der Waals surface area (Å²) < 4.78 is 0. The molecule has 1 aliphatic carbocycles. The van der Waals surface area contributed by atoms with Crippen LogP contribution in [-0.2, 0) is 4.79 Å². The Morgan fingerprint density at radius 2 is 1.89 bits per heavy atom. The third-order valence-corrected chi connectivity index (χ3v) is 5.37. The van der Waals surface area contributed by atoms with E-state index in [0.717, 1.165) is 12.8 Å². The normalized spacial score (nSPS) is 15.6. The van der Waals surface area contributed by atoms with E-state index in [2.05, 4.69) is 16.0 Å². The Balaban J connectivity index is 1.85. The maximum Gasteiger partial charge on any atom is 0.253 e. The van der Waals surface area contributed by atoms with E-state index in [4.69, 9.17) is 12.2 Å². The predicted octanol–water partition coefficient (Wildman–Crippen LogP) is 4.39. The van der Waals surface area contributed by atoms with Crippen molar-refractivity contribution in [3.8, 4) is 0 Å². The van der Waals surface area contributed by atoms with Gasteiger partial charge in [0.2, 0.25) is 5.91 Å². The van der Waals surface area contributed by atoms with Crippen LogP contribution >= 0.6 is 12.2 Å². The van der Waals surface area contributed by atoms with Crippen molar-refractivity contribution in [1.29, 1.82) is 0 Å². The maximum absolute atomic E-state index is 12.4. The number of rotatable bonds is 7. The van der Waals surface area contributed by atoms with Crippen molar-refractivity contribution in [2.75, 3.05) is 5.32 Å². The lowest BCUT2D eigenvalue weighted by atomic mass is 9.86. The number of hydrogen-bond acceptors (Lipinski definition) is 3. The first-order valence-corrected chi connectivity index (χ1v) is 10.4. The number of carbonyl (C=O) groups excluding carboxylic acids is 2. The third-order valence-electron chi connectivity index (χ3n) is 5.17. The molecule has 0 heterocycles. The number of anilines is 1. The molecule has 1 aromatic rings. The molecule has 0 aromatic heterocycles. The minimum Gasteiger partial charge on any atom is -0.350 e. The lowest BCUT2D eigenvalue weighted by molar-refractivity contribution is -0.120. The minimum atomic E-state index is -0.154. The van der Waals surface area contributed by atoms with Crippen molar-refractivity contribution in [3.05, 3.63) is 29.8 Å². The van der Waals surface area contributed by atoms with Crippen LogP contribution in [0.3, 0.4) is 0 Å². The number of benzene rings is 1. The molecule has 2 amide bonds. The molecule has 5 nitrogen and oxygen atoms in total. The molecule has 1 unspecified atom stereocenters. The van der Waals surface area contributed by atoms with Gasteiger partial charge in [0.05, 0.1) is 11.3 Å². The molecule has 1 aromatic carbocycles. The van der Waals surface area contributed by atoms with Gasteiger partial charge in [-0.1, -0.05) is 51.2 Å². The summed E-state index contributed by atoms with van der Waals surface area (Å²) in [5, 5.41) is 8.90. The van der Waals surface area contributed by atoms with Gasteiger partial charge in [0.15, 0.2) is 5.11 Å². The van der Waals surface area contributed by atoms with Crippen LogP contribution in [0.1, 0.15) is 75.6 Å². The Morgan fingerprint density at radius 1 is 1.19 bits per heavy atom. The van der Waals surface area contributed by atoms with E-state index >= 15 is 0 Å². The average molecular weight is 390 g/mol. The van der Waals surface area contributed by atoms with Crippen LogP contribution < -0.4 is 16.0 Å². The number of para-hydroxylation sites is 1. The van der Waals surface area contributed by atoms with Crippen LogP contribution in [0.5, 0.6) is 0 Å². The highest BCUT2D eigenvalue weighted by Crippen LogP contribution is 2.27. The largest absolute Gasteiger partial charge is 0.350 e. The topological polar surface area (TPSA) is 70.2 Å². The van der Waals surface area contributed by atoms with E-state index in [9.17, 15) is 9.59 Å². The van der Waals surface area contributed by atoms with Crippen molar-refractivity contribution in [1.82, 2.24) is 10.6 Å². The second-order valence-electron chi connectivity index (χ2n) is 7.37. The van der Waals surface area contributed by atoms with Crippen molar-refractivity contribution in [2.24, 2.45) is 5.92 Å².